The molecule has 8 heteroatoms. The summed E-state index contributed by atoms with van der Waals surface area (Å²) in [5, 5.41) is 4.78. The maximum atomic E-state index is 6.20. The van der Waals surface area contributed by atoms with E-state index in [0.717, 1.165) is 41.5 Å². The first-order valence-electron chi connectivity index (χ1n) is 12.2. The second-order valence-electron chi connectivity index (χ2n) is 9.15. The first-order valence-corrected chi connectivity index (χ1v) is 13.0. The summed E-state index contributed by atoms with van der Waals surface area (Å²) in [6.45, 7) is 0. The van der Waals surface area contributed by atoms with Crippen LogP contribution in [0.15, 0.2) is 85.3 Å². The Hall–Kier alpha value is -3.42. The molecule has 0 amide bonds. The maximum absolute atomic E-state index is 6.20. The summed E-state index contributed by atoms with van der Waals surface area (Å²) in [4.78, 5) is 11.4. The summed E-state index contributed by atoms with van der Waals surface area (Å²) in [6, 6.07) is 21.8. The minimum absolute atomic E-state index is 0.144. The molecule has 1 aromatic carbocycles. The molecule has 2 atom stereocenters. The molecule has 4 heterocycles. The van der Waals surface area contributed by atoms with Crippen molar-refractivity contribution in [3.63, 3.8) is 0 Å². The molecule has 2 aliphatic rings. The molecule has 0 bridgehead atoms. The highest BCUT2D eigenvalue weighted by Crippen LogP contribution is 2.42. The van der Waals surface area contributed by atoms with Crippen LogP contribution in [0.3, 0.4) is 0 Å². The number of aromatic nitrogens is 3. The molecule has 6 nitrogen and oxygen atoms in total. The van der Waals surface area contributed by atoms with Crippen LogP contribution >= 0.6 is 23.8 Å². The molecule has 0 spiro atoms. The lowest BCUT2D eigenvalue weighted by atomic mass is 10.0. The standard InChI is InChI=1S/C28H26ClN5OS/c29-19-10-15-25(31-18-19)33-17-5-9-24(33)27-26(23-8-3-4-16-30-23)32-28(36)34(27)20-11-13-22(14-12-20)35-21-6-1-2-7-21/h3-5,8-18,21,26-27H,1-2,6-7H2,(H,32,36)/t26-,27+/m1/s1. The summed E-state index contributed by atoms with van der Waals surface area (Å²) in [5.74, 6) is 1.69. The van der Waals surface area contributed by atoms with Crippen LogP contribution in [0.1, 0.15) is 49.2 Å². The van der Waals surface area contributed by atoms with E-state index in [0.29, 0.717) is 16.2 Å². The van der Waals surface area contributed by atoms with Gasteiger partial charge >= 0.3 is 0 Å². The van der Waals surface area contributed by atoms with Crippen molar-refractivity contribution in [1.82, 2.24) is 19.9 Å². The van der Waals surface area contributed by atoms with Crippen molar-refractivity contribution in [3.8, 4) is 11.6 Å². The van der Waals surface area contributed by atoms with Gasteiger partial charge in [0.1, 0.15) is 17.6 Å². The minimum atomic E-state index is -0.151. The summed E-state index contributed by atoms with van der Waals surface area (Å²) in [7, 11) is 0. The molecule has 2 fully saturated rings. The first kappa shape index (κ1) is 23.0. The third-order valence-corrected chi connectivity index (χ3v) is 7.40. The molecule has 1 N–H and O–H groups in total. The van der Waals surface area contributed by atoms with E-state index in [1.165, 1.54) is 12.8 Å². The van der Waals surface area contributed by atoms with E-state index < -0.39 is 0 Å². The van der Waals surface area contributed by atoms with Crippen LogP contribution in [0.4, 0.5) is 5.69 Å². The van der Waals surface area contributed by atoms with Crippen LogP contribution in [0, 0.1) is 0 Å². The summed E-state index contributed by atoms with van der Waals surface area (Å²) >= 11 is 12.0. The lowest BCUT2D eigenvalue weighted by Crippen LogP contribution is -2.30. The van der Waals surface area contributed by atoms with Gasteiger partial charge in [0.15, 0.2) is 5.11 Å². The van der Waals surface area contributed by atoms with Gasteiger partial charge in [0.2, 0.25) is 0 Å². The predicted octanol–water partition coefficient (Wildman–Crippen LogP) is 6.42. The van der Waals surface area contributed by atoms with E-state index in [4.69, 9.17) is 28.6 Å². The molecular formula is C28H26ClN5OS. The topological polar surface area (TPSA) is 55.2 Å². The number of hydrogen-bond donors (Lipinski definition) is 1. The van der Waals surface area contributed by atoms with Gasteiger partial charge in [-0.3, -0.25) is 4.98 Å². The zero-order valence-corrected chi connectivity index (χ0v) is 21.2. The van der Waals surface area contributed by atoms with Crippen molar-refractivity contribution in [2.45, 2.75) is 43.9 Å². The molecule has 1 aliphatic heterocycles. The Balaban J connectivity index is 1.39. The number of halogens is 1. The van der Waals surface area contributed by atoms with Crippen molar-refractivity contribution < 1.29 is 4.74 Å². The van der Waals surface area contributed by atoms with E-state index >= 15 is 0 Å². The lowest BCUT2D eigenvalue weighted by molar-refractivity contribution is 0.210. The fourth-order valence-corrected chi connectivity index (χ4v) is 5.63. The van der Waals surface area contributed by atoms with Crippen LogP contribution in [0.2, 0.25) is 5.02 Å². The third-order valence-electron chi connectivity index (χ3n) is 6.86. The van der Waals surface area contributed by atoms with Gasteiger partial charge in [-0.1, -0.05) is 17.7 Å². The van der Waals surface area contributed by atoms with Gasteiger partial charge in [0.25, 0.3) is 0 Å². The highest BCUT2D eigenvalue weighted by molar-refractivity contribution is 7.80. The number of nitrogens with zero attached hydrogens (tertiary/aromatic N) is 4. The second-order valence-corrected chi connectivity index (χ2v) is 9.98. The van der Waals surface area contributed by atoms with E-state index in [2.05, 4.69) is 43.0 Å². The number of rotatable bonds is 6. The Labute approximate surface area is 220 Å². The van der Waals surface area contributed by atoms with E-state index in [-0.39, 0.29) is 12.1 Å². The highest BCUT2D eigenvalue weighted by atomic mass is 35.5. The number of hydrogen-bond acceptors (Lipinski definition) is 4. The van der Waals surface area contributed by atoms with Crippen molar-refractivity contribution in [2.75, 3.05) is 4.90 Å². The Bertz CT molecular complexity index is 1340. The molecule has 1 aliphatic carbocycles. The van der Waals surface area contributed by atoms with Crippen molar-refractivity contribution in [1.29, 1.82) is 0 Å². The van der Waals surface area contributed by atoms with Gasteiger partial charge in [0, 0.05) is 30.0 Å². The molecular weight excluding hydrogens is 490 g/mol. The SMILES string of the molecule is S=C1N[C@H](c2ccccn2)[C@H](c2cccn2-c2ccc(Cl)cn2)N1c1ccc(OC2CCCC2)cc1. The van der Waals surface area contributed by atoms with Gasteiger partial charge in [-0.15, -0.1) is 0 Å². The van der Waals surface area contributed by atoms with Crippen LogP contribution in [0.25, 0.3) is 5.82 Å². The zero-order valence-electron chi connectivity index (χ0n) is 19.6. The lowest BCUT2D eigenvalue weighted by Gasteiger charge is -2.29. The number of nitrogens with one attached hydrogen (secondary N) is 1. The molecule has 1 saturated heterocycles. The Morgan fingerprint density at radius 1 is 0.944 bits per heavy atom. The van der Waals surface area contributed by atoms with Gasteiger partial charge in [-0.05, 0) is 98.6 Å². The smallest absolute Gasteiger partial charge is 0.174 e. The average Bonchev–Trinajstić information content (AvgIpc) is 3.66. The van der Waals surface area contributed by atoms with Crippen LogP contribution in [-0.4, -0.2) is 25.8 Å². The van der Waals surface area contributed by atoms with Crippen LogP contribution in [-0.2, 0) is 0 Å². The predicted molar refractivity (Wildman–Crippen MR) is 146 cm³/mol. The quantitative estimate of drug-likeness (QED) is 0.299. The molecule has 1 saturated carbocycles. The second kappa shape index (κ2) is 9.91. The molecule has 0 radical (unpaired) electrons. The minimum Gasteiger partial charge on any atom is -0.490 e. The van der Waals surface area contributed by atoms with Crippen molar-refractivity contribution >= 4 is 34.6 Å². The fourth-order valence-electron chi connectivity index (χ4n) is 5.17. The average molecular weight is 516 g/mol. The normalized spacial score (nSPS) is 20.0. The summed E-state index contributed by atoms with van der Waals surface area (Å²) < 4.78 is 8.28. The molecule has 6 rings (SSSR count). The zero-order chi connectivity index (χ0) is 24.5. The van der Waals surface area contributed by atoms with E-state index in [1.807, 2.05) is 60.9 Å². The van der Waals surface area contributed by atoms with Crippen molar-refractivity contribution in [3.05, 3.63) is 102 Å². The number of thiocarbonyl (C=S) groups is 1. The molecule has 182 valence electrons. The molecule has 3 aromatic heterocycles. The maximum Gasteiger partial charge on any atom is 0.174 e. The molecule has 4 aromatic rings. The van der Waals surface area contributed by atoms with E-state index in [1.54, 1.807) is 6.20 Å². The van der Waals surface area contributed by atoms with Crippen LogP contribution in [0.5, 0.6) is 5.75 Å². The van der Waals surface area contributed by atoms with Gasteiger partial charge in [-0.25, -0.2) is 4.98 Å². The third kappa shape index (κ3) is 4.45. The van der Waals surface area contributed by atoms with Crippen molar-refractivity contribution in [2.24, 2.45) is 0 Å². The number of pyridine rings is 2. The van der Waals surface area contributed by atoms with Gasteiger partial charge < -0.3 is 19.5 Å². The fraction of sp³-hybridized carbons (Fsp3) is 0.250. The Morgan fingerprint density at radius 3 is 2.50 bits per heavy atom. The summed E-state index contributed by atoms with van der Waals surface area (Å²) in [5.41, 5.74) is 2.95. The number of anilines is 1. The van der Waals surface area contributed by atoms with Gasteiger partial charge in [-0.2, -0.15) is 0 Å². The highest BCUT2D eigenvalue weighted by Gasteiger charge is 2.42. The summed E-state index contributed by atoms with van der Waals surface area (Å²) in [6.07, 6.45) is 10.6. The van der Waals surface area contributed by atoms with E-state index in [9.17, 15) is 0 Å². The number of ether oxygens (including phenoxy) is 1. The van der Waals surface area contributed by atoms with Gasteiger partial charge in [0.05, 0.1) is 22.9 Å². The largest absolute Gasteiger partial charge is 0.490 e. The number of benzene rings is 1. The van der Waals surface area contributed by atoms with Crippen LogP contribution < -0.4 is 15.0 Å². The Kier molecular flexibility index (Phi) is 6.34. The molecule has 0 unspecified atom stereocenters. The Morgan fingerprint density at radius 2 is 1.78 bits per heavy atom. The first-order chi connectivity index (χ1) is 17.7. The molecule has 36 heavy (non-hydrogen) atoms. The monoisotopic (exact) mass is 515 g/mol.